The van der Waals surface area contributed by atoms with Crippen LogP contribution in [-0.4, -0.2) is 18.0 Å². The Morgan fingerprint density at radius 3 is 2.57 bits per heavy atom. The molecular formula is C17H16IN3O2. The zero-order valence-corrected chi connectivity index (χ0v) is 14.9. The molecule has 2 N–H and O–H groups in total. The van der Waals surface area contributed by atoms with Gasteiger partial charge in [0.05, 0.1) is 6.21 Å². The first-order chi connectivity index (χ1) is 11.0. The van der Waals surface area contributed by atoms with Crippen molar-refractivity contribution in [3.05, 3.63) is 62.7 Å². The Morgan fingerprint density at radius 2 is 1.87 bits per heavy atom. The zero-order valence-electron chi connectivity index (χ0n) is 12.8. The molecule has 2 aromatic rings. The molecule has 0 aliphatic heterocycles. The summed E-state index contributed by atoms with van der Waals surface area (Å²) < 4.78 is 1.06. The van der Waals surface area contributed by atoms with E-state index in [1.54, 1.807) is 6.07 Å². The highest BCUT2D eigenvalue weighted by molar-refractivity contribution is 14.1. The molecule has 0 saturated heterocycles. The maximum atomic E-state index is 11.8. The number of nitrogens with zero attached hydrogens (tertiary/aromatic N) is 1. The van der Waals surface area contributed by atoms with Gasteiger partial charge in [0, 0.05) is 9.26 Å². The fraction of sp³-hybridized carbons (Fsp3) is 0.118. The maximum Gasteiger partial charge on any atom is 0.329 e. The number of hydrogen-bond donors (Lipinski definition) is 2. The van der Waals surface area contributed by atoms with Gasteiger partial charge < -0.3 is 5.32 Å². The average Bonchev–Trinajstić information content (AvgIpc) is 2.50. The summed E-state index contributed by atoms with van der Waals surface area (Å²) in [5, 5.41) is 6.36. The van der Waals surface area contributed by atoms with Crippen molar-refractivity contribution >= 4 is 46.3 Å². The van der Waals surface area contributed by atoms with E-state index in [1.807, 2.05) is 50.2 Å². The standard InChI is InChI=1S/C17H16IN3O2/c1-11-6-7-15(12(2)8-11)20-16(22)17(23)21-19-10-13-4-3-5-14(18)9-13/h3-10H,1-2H3,(H,20,22)(H,21,23). The monoisotopic (exact) mass is 421 g/mol. The summed E-state index contributed by atoms with van der Waals surface area (Å²) in [6.07, 6.45) is 1.49. The van der Waals surface area contributed by atoms with Gasteiger partial charge in [0.1, 0.15) is 0 Å². The molecule has 0 aliphatic rings. The van der Waals surface area contributed by atoms with Gasteiger partial charge in [0.2, 0.25) is 0 Å². The Morgan fingerprint density at radius 1 is 1.09 bits per heavy atom. The van der Waals surface area contributed by atoms with Gasteiger partial charge in [-0.1, -0.05) is 29.8 Å². The van der Waals surface area contributed by atoms with E-state index in [0.29, 0.717) is 5.69 Å². The van der Waals surface area contributed by atoms with Crippen LogP contribution < -0.4 is 10.7 Å². The third-order valence-electron chi connectivity index (χ3n) is 3.06. The molecule has 5 nitrogen and oxygen atoms in total. The Bertz CT molecular complexity index is 772. The lowest BCUT2D eigenvalue weighted by Gasteiger charge is -2.08. The van der Waals surface area contributed by atoms with E-state index >= 15 is 0 Å². The minimum absolute atomic E-state index is 0.609. The van der Waals surface area contributed by atoms with Crippen LogP contribution >= 0.6 is 22.6 Å². The number of aryl methyl sites for hydroxylation is 2. The average molecular weight is 421 g/mol. The highest BCUT2D eigenvalue weighted by atomic mass is 127. The lowest BCUT2D eigenvalue weighted by atomic mass is 10.1. The van der Waals surface area contributed by atoms with Gasteiger partial charge in [0.25, 0.3) is 0 Å². The summed E-state index contributed by atoms with van der Waals surface area (Å²) in [6, 6.07) is 13.2. The van der Waals surface area contributed by atoms with Crippen molar-refractivity contribution in [1.29, 1.82) is 0 Å². The summed E-state index contributed by atoms with van der Waals surface area (Å²) in [5.41, 5.74) is 5.65. The van der Waals surface area contributed by atoms with Crippen LogP contribution in [0.25, 0.3) is 0 Å². The Hall–Kier alpha value is -2.22. The van der Waals surface area contributed by atoms with Gasteiger partial charge in [-0.3, -0.25) is 9.59 Å². The van der Waals surface area contributed by atoms with Crippen LogP contribution in [0.4, 0.5) is 5.69 Å². The van der Waals surface area contributed by atoms with Gasteiger partial charge in [-0.05, 0) is 65.8 Å². The van der Waals surface area contributed by atoms with Gasteiger partial charge in [-0.25, -0.2) is 5.43 Å². The fourth-order valence-corrected chi connectivity index (χ4v) is 2.50. The van der Waals surface area contributed by atoms with Crippen molar-refractivity contribution < 1.29 is 9.59 Å². The minimum atomic E-state index is -0.813. The fourth-order valence-electron chi connectivity index (χ4n) is 1.94. The molecular weight excluding hydrogens is 405 g/mol. The molecule has 118 valence electrons. The van der Waals surface area contributed by atoms with Crippen molar-refractivity contribution in [2.75, 3.05) is 5.32 Å². The van der Waals surface area contributed by atoms with Crippen molar-refractivity contribution in [1.82, 2.24) is 5.43 Å². The third kappa shape index (κ3) is 5.17. The number of nitrogens with one attached hydrogen (secondary N) is 2. The van der Waals surface area contributed by atoms with Crippen molar-refractivity contribution in [3.8, 4) is 0 Å². The molecule has 0 heterocycles. The van der Waals surface area contributed by atoms with Gasteiger partial charge >= 0.3 is 11.8 Å². The first kappa shape index (κ1) is 17.1. The molecule has 0 fully saturated rings. The molecule has 0 saturated carbocycles. The molecule has 0 bridgehead atoms. The Labute approximate surface area is 148 Å². The van der Waals surface area contributed by atoms with E-state index in [0.717, 1.165) is 20.3 Å². The number of halogens is 1. The van der Waals surface area contributed by atoms with Crippen LogP contribution in [0, 0.1) is 17.4 Å². The van der Waals surface area contributed by atoms with E-state index < -0.39 is 11.8 Å². The molecule has 6 heteroatoms. The van der Waals surface area contributed by atoms with Crippen LogP contribution in [0.15, 0.2) is 47.6 Å². The zero-order chi connectivity index (χ0) is 16.8. The minimum Gasteiger partial charge on any atom is -0.317 e. The molecule has 0 aliphatic carbocycles. The number of carbonyl (C=O) groups excluding carboxylic acids is 2. The molecule has 23 heavy (non-hydrogen) atoms. The second-order valence-electron chi connectivity index (χ2n) is 5.03. The Balaban J connectivity index is 1.93. The predicted octanol–water partition coefficient (Wildman–Crippen LogP) is 3.00. The topological polar surface area (TPSA) is 70.6 Å². The summed E-state index contributed by atoms with van der Waals surface area (Å²) in [6.45, 7) is 3.83. The second-order valence-corrected chi connectivity index (χ2v) is 6.27. The third-order valence-corrected chi connectivity index (χ3v) is 3.74. The van der Waals surface area contributed by atoms with Crippen LogP contribution in [-0.2, 0) is 9.59 Å². The summed E-state index contributed by atoms with van der Waals surface area (Å²) in [4.78, 5) is 23.6. The summed E-state index contributed by atoms with van der Waals surface area (Å²) in [7, 11) is 0. The molecule has 0 atom stereocenters. The molecule has 0 aromatic heterocycles. The van der Waals surface area contributed by atoms with Crippen LogP contribution in [0.1, 0.15) is 16.7 Å². The van der Waals surface area contributed by atoms with Gasteiger partial charge in [0.15, 0.2) is 0 Å². The molecule has 0 unspecified atom stereocenters. The first-order valence-electron chi connectivity index (χ1n) is 6.93. The Kier molecular flexibility index (Phi) is 5.86. The van der Waals surface area contributed by atoms with Crippen molar-refractivity contribution in [2.24, 2.45) is 5.10 Å². The number of benzene rings is 2. The SMILES string of the molecule is Cc1ccc(NC(=O)C(=O)NN=Cc2cccc(I)c2)c(C)c1. The number of hydrogen-bond acceptors (Lipinski definition) is 3. The van der Waals surface area contributed by atoms with E-state index in [2.05, 4.69) is 38.4 Å². The lowest BCUT2D eigenvalue weighted by Crippen LogP contribution is -2.32. The normalized spacial score (nSPS) is 10.6. The van der Waals surface area contributed by atoms with Crippen molar-refractivity contribution in [3.63, 3.8) is 0 Å². The van der Waals surface area contributed by atoms with E-state index in [1.165, 1.54) is 6.21 Å². The predicted molar refractivity (Wildman–Crippen MR) is 99.4 cm³/mol. The van der Waals surface area contributed by atoms with E-state index in [9.17, 15) is 9.59 Å². The molecule has 2 amide bonds. The number of carbonyl (C=O) groups is 2. The quantitative estimate of drug-likeness (QED) is 0.346. The summed E-state index contributed by atoms with van der Waals surface area (Å²) in [5.74, 6) is -1.57. The summed E-state index contributed by atoms with van der Waals surface area (Å²) >= 11 is 2.19. The first-order valence-corrected chi connectivity index (χ1v) is 8.01. The molecule has 2 aromatic carbocycles. The maximum absolute atomic E-state index is 11.8. The lowest BCUT2D eigenvalue weighted by molar-refractivity contribution is -0.136. The number of anilines is 1. The van der Waals surface area contributed by atoms with Crippen molar-refractivity contribution in [2.45, 2.75) is 13.8 Å². The highest BCUT2D eigenvalue weighted by Crippen LogP contribution is 2.15. The molecule has 2 rings (SSSR count). The van der Waals surface area contributed by atoms with E-state index in [-0.39, 0.29) is 0 Å². The number of hydrazone groups is 1. The molecule has 0 spiro atoms. The molecule has 0 radical (unpaired) electrons. The van der Waals surface area contributed by atoms with Crippen LogP contribution in [0.5, 0.6) is 0 Å². The van der Waals surface area contributed by atoms with Crippen LogP contribution in [0.3, 0.4) is 0 Å². The largest absolute Gasteiger partial charge is 0.329 e. The van der Waals surface area contributed by atoms with Crippen LogP contribution in [0.2, 0.25) is 0 Å². The smallest absolute Gasteiger partial charge is 0.317 e. The van der Waals surface area contributed by atoms with Gasteiger partial charge in [-0.2, -0.15) is 5.10 Å². The van der Waals surface area contributed by atoms with Gasteiger partial charge in [-0.15, -0.1) is 0 Å². The second kappa shape index (κ2) is 7.87. The number of rotatable bonds is 3. The number of amides is 2. The highest BCUT2D eigenvalue weighted by Gasteiger charge is 2.13. The van der Waals surface area contributed by atoms with E-state index in [4.69, 9.17) is 0 Å².